The lowest BCUT2D eigenvalue weighted by molar-refractivity contribution is -0.120. The number of carbonyl (C=O) groups is 1. The first kappa shape index (κ1) is 19.2. The van der Waals surface area contributed by atoms with Gasteiger partial charge in [0.25, 0.3) is 5.22 Å². The standard InChI is InChI=1S/C14H24N4O4S2/c1-5-11(18(3)4)13-16-17-14(22-13)23-9(2)12(19)15-10-6-7-24(20,21)8-10/h9-11H,5-8H2,1-4H3,(H,15,19)/t9-,10+,11-/m0/s1. The molecule has 2 rings (SSSR count). The average Bonchev–Trinajstić information content (AvgIpc) is 3.06. The van der Waals surface area contributed by atoms with Gasteiger partial charge in [-0.1, -0.05) is 18.7 Å². The molecule has 1 aromatic rings. The average molecular weight is 377 g/mol. The number of rotatable bonds is 7. The second kappa shape index (κ2) is 7.83. The van der Waals surface area contributed by atoms with Crippen LogP contribution in [0.1, 0.15) is 38.6 Å². The van der Waals surface area contributed by atoms with Gasteiger partial charge in [0.1, 0.15) is 0 Å². The summed E-state index contributed by atoms with van der Waals surface area (Å²) in [6, 6.07) is -0.262. The van der Waals surface area contributed by atoms with Gasteiger partial charge in [-0.15, -0.1) is 10.2 Å². The Morgan fingerprint density at radius 1 is 1.46 bits per heavy atom. The van der Waals surface area contributed by atoms with Gasteiger partial charge in [-0.25, -0.2) is 8.42 Å². The van der Waals surface area contributed by atoms with Crippen molar-refractivity contribution in [2.75, 3.05) is 25.6 Å². The fourth-order valence-corrected chi connectivity index (χ4v) is 4.97. The van der Waals surface area contributed by atoms with Crippen LogP contribution in [0.3, 0.4) is 0 Å². The van der Waals surface area contributed by atoms with Crippen molar-refractivity contribution in [2.24, 2.45) is 0 Å². The summed E-state index contributed by atoms with van der Waals surface area (Å²) in [6.07, 6.45) is 1.31. The van der Waals surface area contributed by atoms with E-state index in [0.717, 1.165) is 6.42 Å². The fraction of sp³-hybridized carbons (Fsp3) is 0.786. The molecule has 1 fully saturated rings. The lowest BCUT2D eigenvalue weighted by atomic mass is 10.2. The highest BCUT2D eigenvalue weighted by atomic mass is 32.2. The van der Waals surface area contributed by atoms with E-state index in [4.69, 9.17) is 4.42 Å². The lowest BCUT2D eigenvalue weighted by Gasteiger charge is -2.18. The van der Waals surface area contributed by atoms with Crippen LogP contribution in [-0.4, -0.2) is 66.3 Å². The van der Waals surface area contributed by atoms with Crippen molar-refractivity contribution in [2.45, 2.75) is 49.2 Å². The number of aromatic nitrogens is 2. The number of carbonyl (C=O) groups excluding carboxylic acids is 1. The van der Waals surface area contributed by atoms with Crippen molar-refractivity contribution in [3.8, 4) is 0 Å². The van der Waals surface area contributed by atoms with Crippen molar-refractivity contribution in [3.63, 3.8) is 0 Å². The molecule has 0 unspecified atom stereocenters. The van der Waals surface area contributed by atoms with Gasteiger partial charge in [0.15, 0.2) is 9.84 Å². The molecule has 0 radical (unpaired) electrons. The number of nitrogens with one attached hydrogen (secondary N) is 1. The highest BCUT2D eigenvalue weighted by molar-refractivity contribution is 8.00. The van der Waals surface area contributed by atoms with Gasteiger partial charge in [-0.3, -0.25) is 9.69 Å². The third-order valence-corrected chi connectivity index (χ3v) is 6.65. The van der Waals surface area contributed by atoms with E-state index in [1.165, 1.54) is 11.8 Å². The topological polar surface area (TPSA) is 105 Å². The molecule has 1 N–H and O–H groups in total. The highest BCUT2D eigenvalue weighted by Crippen LogP contribution is 2.27. The molecule has 1 amide bonds. The summed E-state index contributed by atoms with van der Waals surface area (Å²) in [5.41, 5.74) is 0. The van der Waals surface area contributed by atoms with E-state index in [2.05, 4.69) is 15.5 Å². The molecule has 0 bridgehead atoms. The zero-order valence-corrected chi connectivity index (χ0v) is 16.0. The molecule has 136 valence electrons. The molecule has 24 heavy (non-hydrogen) atoms. The lowest BCUT2D eigenvalue weighted by Crippen LogP contribution is -2.39. The highest BCUT2D eigenvalue weighted by Gasteiger charge is 2.30. The molecule has 0 spiro atoms. The third-order valence-electron chi connectivity index (χ3n) is 3.94. The third kappa shape index (κ3) is 4.93. The molecule has 2 heterocycles. The maximum atomic E-state index is 12.2. The minimum Gasteiger partial charge on any atom is -0.414 e. The smallest absolute Gasteiger partial charge is 0.277 e. The minimum atomic E-state index is -3.01. The maximum Gasteiger partial charge on any atom is 0.277 e. The molecular formula is C14H24N4O4S2. The quantitative estimate of drug-likeness (QED) is 0.699. The van der Waals surface area contributed by atoms with Crippen molar-refractivity contribution in [1.29, 1.82) is 0 Å². The van der Waals surface area contributed by atoms with Crippen LogP contribution in [0.4, 0.5) is 0 Å². The Balaban J connectivity index is 1.91. The molecule has 10 heteroatoms. The Morgan fingerprint density at radius 3 is 2.71 bits per heavy atom. The van der Waals surface area contributed by atoms with Crippen LogP contribution in [0.25, 0.3) is 0 Å². The SMILES string of the molecule is CC[C@@H](c1nnc(S[C@@H](C)C(=O)N[C@@H]2CCS(=O)(=O)C2)o1)N(C)C. The van der Waals surface area contributed by atoms with Gasteiger partial charge in [-0.2, -0.15) is 0 Å². The van der Waals surface area contributed by atoms with Crippen molar-refractivity contribution < 1.29 is 17.6 Å². The van der Waals surface area contributed by atoms with Gasteiger partial charge in [0.2, 0.25) is 11.8 Å². The van der Waals surface area contributed by atoms with Crippen LogP contribution >= 0.6 is 11.8 Å². The summed E-state index contributed by atoms with van der Waals surface area (Å²) < 4.78 is 28.5. The molecule has 1 aliphatic rings. The van der Waals surface area contributed by atoms with E-state index in [1.54, 1.807) is 6.92 Å². The van der Waals surface area contributed by atoms with E-state index in [-0.39, 0.29) is 29.5 Å². The van der Waals surface area contributed by atoms with Gasteiger partial charge < -0.3 is 9.73 Å². The Kier molecular flexibility index (Phi) is 6.27. The summed E-state index contributed by atoms with van der Waals surface area (Å²) in [7, 11) is 0.873. The summed E-state index contributed by atoms with van der Waals surface area (Å²) in [5, 5.41) is 10.7. The zero-order chi connectivity index (χ0) is 17.9. The number of nitrogens with zero attached hydrogens (tertiary/aromatic N) is 3. The molecular weight excluding hydrogens is 352 g/mol. The molecule has 0 aliphatic carbocycles. The summed E-state index contributed by atoms with van der Waals surface area (Å²) in [5.74, 6) is 0.457. The van der Waals surface area contributed by atoms with E-state index in [0.29, 0.717) is 17.5 Å². The van der Waals surface area contributed by atoms with E-state index in [1.807, 2.05) is 25.9 Å². The van der Waals surface area contributed by atoms with Gasteiger partial charge in [-0.05, 0) is 33.9 Å². The summed E-state index contributed by atoms with van der Waals surface area (Å²) in [6.45, 7) is 3.77. The first-order valence-electron chi connectivity index (χ1n) is 7.89. The molecule has 0 aromatic carbocycles. The maximum absolute atomic E-state index is 12.2. The minimum absolute atomic E-state index is 0.0157. The monoisotopic (exact) mass is 376 g/mol. The van der Waals surface area contributed by atoms with E-state index < -0.39 is 15.1 Å². The van der Waals surface area contributed by atoms with Crippen molar-refractivity contribution >= 4 is 27.5 Å². The first-order chi connectivity index (χ1) is 11.2. The molecule has 1 aliphatic heterocycles. The summed E-state index contributed by atoms with van der Waals surface area (Å²) in [4.78, 5) is 14.2. The zero-order valence-electron chi connectivity index (χ0n) is 14.4. The predicted molar refractivity (Wildman–Crippen MR) is 91.5 cm³/mol. The van der Waals surface area contributed by atoms with E-state index >= 15 is 0 Å². The van der Waals surface area contributed by atoms with Crippen LogP contribution in [-0.2, 0) is 14.6 Å². The molecule has 1 aromatic heterocycles. The molecule has 0 saturated carbocycles. The molecule has 8 nitrogen and oxygen atoms in total. The predicted octanol–water partition coefficient (Wildman–Crippen LogP) is 0.866. The van der Waals surface area contributed by atoms with E-state index in [9.17, 15) is 13.2 Å². The Hall–Kier alpha value is -1.13. The first-order valence-corrected chi connectivity index (χ1v) is 10.6. The second-order valence-electron chi connectivity index (χ2n) is 6.16. The number of hydrogen-bond donors (Lipinski definition) is 1. The number of amides is 1. The van der Waals surface area contributed by atoms with Crippen LogP contribution < -0.4 is 5.32 Å². The normalized spacial score (nSPS) is 22.5. The fourth-order valence-electron chi connectivity index (χ4n) is 2.60. The summed E-state index contributed by atoms with van der Waals surface area (Å²) >= 11 is 1.18. The van der Waals surface area contributed by atoms with Crippen LogP contribution in [0.2, 0.25) is 0 Å². The second-order valence-corrected chi connectivity index (χ2v) is 9.68. The molecule has 3 atom stereocenters. The van der Waals surface area contributed by atoms with Crippen LogP contribution in [0, 0.1) is 0 Å². The number of hydrogen-bond acceptors (Lipinski definition) is 8. The Bertz CT molecular complexity index is 674. The largest absolute Gasteiger partial charge is 0.414 e. The Morgan fingerprint density at radius 2 is 2.17 bits per heavy atom. The van der Waals surface area contributed by atoms with Gasteiger partial charge in [0, 0.05) is 6.04 Å². The van der Waals surface area contributed by atoms with Crippen LogP contribution in [0.15, 0.2) is 9.64 Å². The van der Waals surface area contributed by atoms with Crippen molar-refractivity contribution in [3.05, 3.63) is 5.89 Å². The van der Waals surface area contributed by atoms with Crippen LogP contribution in [0.5, 0.6) is 0 Å². The van der Waals surface area contributed by atoms with Gasteiger partial charge >= 0.3 is 0 Å². The number of thioether (sulfide) groups is 1. The van der Waals surface area contributed by atoms with Gasteiger partial charge in [0.05, 0.1) is 22.8 Å². The Labute approximate surface area is 146 Å². The number of sulfone groups is 1. The molecule has 1 saturated heterocycles. The van der Waals surface area contributed by atoms with Crippen molar-refractivity contribution in [1.82, 2.24) is 20.4 Å².